The third kappa shape index (κ3) is 6.36. The number of anilines is 1. The largest absolute Gasteiger partial charge is 0.331 e. The number of pyridine rings is 1. The van der Waals surface area contributed by atoms with Gasteiger partial charge in [-0.25, -0.2) is 10.3 Å². The van der Waals surface area contributed by atoms with Crippen molar-refractivity contribution in [2.45, 2.75) is 52.5 Å². The molecule has 0 spiro atoms. The quantitative estimate of drug-likeness (QED) is 0.346. The fourth-order valence-electron chi connectivity index (χ4n) is 4.31. The van der Waals surface area contributed by atoms with E-state index in [0.29, 0.717) is 28.2 Å². The summed E-state index contributed by atoms with van der Waals surface area (Å²) >= 11 is 6.24. The van der Waals surface area contributed by atoms with E-state index < -0.39 is 23.4 Å². The smallest absolute Gasteiger partial charge is 0.319 e. The number of halogens is 1. The van der Waals surface area contributed by atoms with Crippen molar-refractivity contribution in [1.82, 2.24) is 20.7 Å². The maximum absolute atomic E-state index is 13.6. The average Bonchev–Trinajstić information content (AvgIpc) is 3.31. The molecule has 184 valence electrons. The fourth-order valence-corrected chi connectivity index (χ4v) is 4.52. The van der Waals surface area contributed by atoms with Crippen molar-refractivity contribution in [1.29, 1.82) is 0 Å². The van der Waals surface area contributed by atoms with Gasteiger partial charge in [-0.3, -0.25) is 19.8 Å². The molecule has 9 nitrogen and oxygen atoms in total. The van der Waals surface area contributed by atoms with Gasteiger partial charge in [0.1, 0.15) is 12.6 Å². The Labute approximate surface area is 204 Å². The van der Waals surface area contributed by atoms with Gasteiger partial charge in [-0.05, 0) is 48.4 Å². The van der Waals surface area contributed by atoms with Crippen molar-refractivity contribution < 1.29 is 19.6 Å². The number of urea groups is 1. The molecular formula is C24H32ClN5O4. The molecule has 0 radical (unpaired) electrons. The van der Waals surface area contributed by atoms with Gasteiger partial charge in [-0.15, -0.1) is 0 Å². The normalized spacial score (nSPS) is 15.1. The standard InChI is InChI=1S/C24H32ClN5O4/c1-24(2,3)21(22(32)30(14-19(31)29-34)13-15-7-4-5-8-15)28-23(33)27-18-11-10-17(25)16-9-6-12-26-20(16)18/h6,9-12,15,21,34H,4-5,7-8,13-14H2,1-3H3,(H,29,31)(H2,27,28,33). The van der Waals surface area contributed by atoms with Crippen molar-refractivity contribution in [2.75, 3.05) is 18.4 Å². The number of hydroxylamine groups is 1. The number of fused-ring (bicyclic) bond motifs is 1. The SMILES string of the molecule is CC(C)(C)C(NC(=O)Nc1ccc(Cl)c2cccnc12)C(=O)N(CC(=O)NO)CC1CCCC1. The minimum Gasteiger partial charge on any atom is -0.331 e. The van der Waals surface area contributed by atoms with Crippen molar-refractivity contribution in [3.05, 3.63) is 35.5 Å². The van der Waals surface area contributed by atoms with Gasteiger partial charge in [0.15, 0.2) is 0 Å². The molecule has 1 aromatic carbocycles. The van der Waals surface area contributed by atoms with E-state index in [0.717, 1.165) is 25.7 Å². The maximum atomic E-state index is 13.6. The zero-order valence-corrected chi connectivity index (χ0v) is 20.5. The fraction of sp³-hybridized carbons (Fsp3) is 0.500. The van der Waals surface area contributed by atoms with Gasteiger partial charge < -0.3 is 15.5 Å². The average molecular weight is 490 g/mol. The monoisotopic (exact) mass is 489 g/mol. The molecule has 1 heterocycles. The van der Waals surface area contributed by atoms with E-state index in [1.807, 2.05) is 26.8 Å². The third-order valence-electron chi connectivity index (χ3n) is 6.08. The molecular weight excluding hydrogens is 458 g/mol. The molecule has 2 aromatic rings. The highest BCUT2D eigenvalue weighted by atomic mass is 35.5. The van der Waals surface area contributed by atoms with Crippen molar-refractivity contribution in [2.24, 2.45) is 11.3 Å². The molecule has 4 amide bonds. The number of carbonyl (C=O) groups excluding carboxylic acids is 3. The summed E-state index contributed by atoms with van der Waals surface area (Å²) in [5.41, 5.74) is 1.95. The Kier molecular flexibility index (Phi) is 8.33. The first-order valence-corrected chi connectivity index (χ1v) is 11.8. The van der Waals surface area contributed by atoms with E-state index in [2.05, 4.69) is 15.6 Å². The van der Waals surface area contributed by atoms with Crippen LogP contribution < -0.4 is 16.1 Å². The van der Waals surface area contributed by atoms with Gasteiger partial charge in [-0.1, -0.05) is 45.2 Å². The summed E-state index contributed by atoms with van der Waals surface area (Å²) in [6.07, 6.45) is 5.75. The van der Waals surface area contributed by atoms with E-state index in [4.69, 9.17) is 16.8 Å². The van der Waals surface area contributed by atoms with Crippen LogP contribution >= 0.6 is 11.6 Å². The predicted molar refractivity (Wildman–Crippen MR) is 131 cm³/mol. The van der Waals surface area contributed by atoms with Crippen molar-refractivity contribution >= 4 is 46.0 Å². The molecule has 1 fully saturated rings. The summed E-state index contributed by atoms with van der Waals surface area (Å²) in [7, 11) is 0. The molecule has 1 aliphatic rings. The minimum atomic E-state index is -0.910. The van der Waals surface area contributed by atoms with Crippen molar-refractivity contribution in [3.63, 3.8) is 0 Å². The Morgan fingerprint density at radius 3 is 2.56 bits per heavy atom. The molecule has 1 atom stereocenters. The van der Waals surface area contributed by atoms with Crippen LogP contribution in [0.5, 0.6) is 0 Å². The number of amides is 4. The number of nitrogens with one attached hydrogen (secondary N) is 3. The topological polar surface area (TPSA) is 124 Å². The molecule has 0 aliphatic heterocycles. The molecule has 0 bridgehead atoms. The number of nitrogens with zero attached hydrogens (tertiary/aromatic N) is 2. The van der Waals surface area contributed by atoms with Crippen LogP contribution in [0.3, 0.4) is 0 Å². The van der Waals surface area contributed by atoms with E-state index in [9.17, 15) is 14.4 Å². The van der Waals surface area contributed by atoms with Gasteiger partial charge in [-0.2, -0.15) is 0 Å². The minimum absolute atomic E-state index is 0.284. The second-order valence-corrected chi connectivity index (χ2v) is 10.2. The van der Waals surface area contributed by atoms with Gasteiger partial charge >= 0.3 is 6.03 Å². The summed E-state index contributed by atoms with van der Waals surface area (Å²) in [4.78, 5) is 44.2. The highest BCUT2D eigenvalue weighted by Crippen LogP contribution is 2.29. The van der Waals surface area contributed by atoms with Crippen LogP contribution in [-0.2, 0) is 9.59 Å². The molecule has 1 saturated carbocycles. The first-order valence-electron chi connectivity index (χ1n) is 11.4. The van der Waals surface area contributed by atoms with Crippen LogP contribution in [0.25, 0.3) is 10.9 Å². The zero-order valence-electron chi connectivity index (χ0n) is 19.7. The number of benzene rings is 1. The van der Waals surface area contributed by atoms with Gasteiger partial charge in [0.25, 0.3) is 5.91 Å². The van der Waals surface area contributed by atoms with Crippen LogP contribution in [0.4, 0.5) is 10.5 Å². The van der Waals surface area contributed by atoms with Gasteiger partial charge in [0, 0.05) is 18.1 Å². The Bertz CT molecular complexity index is 1050. The summed E-state index contributed by atoms with van der Waals surface area (Å²) in [6.45, 7) is 5.64. The molecule has 1 aromatic heterocycles. The summed E-state index contributed by atoms with van der Waals surface area (Å²) in [5.74, 6) is -0.768. The predicted octanol–water partition coefficient (Wildman–Crippen LogP) is 3.95. The second-order valence-electron chi connectivity index (χ2n) is 9.80. The molecule has 0 saturated heterocycles. The number of carbonyl (C=O) groups is 3. The summed E-state index contributed by atoms with van der Waals surface area (Å²) in [5, 5.41) is 15.8. The van der Waals surface area contributed by atoms with E-state index >= 15 is 0 Å². The number of rotatable bonds is 7. The molecule has 1 unspecified atom stereocenters. The Hall–Kier alpha value is -2.91. The Balaban J connectivity index is 1.80. The lowest BCUT2D eigenvalue weighted by atomic mass is 9.85. The summed E-state index contributed by atoms with van der Waals surface area (Å²) in [6, 6.07) is 5.41. The number of hydrogen-bond acceptors (Lipinski definition) is 5. The highest BCUT2D eigenvalue weighted by Gasteiger charge is 2.37. The number of hydrogen-bond donors (Lipinski definition) is 4. The van der Waals surface area contributed by atoms with Crippen LogP contribution in [0.1, 0.15) is 46.5 Å². The van der Waals surface area contributed by atoms with Crippen LogP contribution in [-0.4, -0.2) is 52.1 Å². The third-order valence-corrected chi connectivity index (χ3v) is 6.41. The lowest BCUT2D eigenvalue weighted by molar-refractivity contribution is -0.142. The summed E-state index contributed by atoms with van der Waals surface area (Å²) < 4.78 is 0. The van der Waals surface area contributed by atoms with E-state index in [1.165, 1.54) is 4.90 Å². The zero-order chi connectivity index (χ0) is 24.9. The lowest BCUT2D eigenvalue weighted by Gasteiger charge is -2.35. The second kappa shape index (κ2) is 11.0. The first kappa shape index (κ1) is 25.7. The highest BCUT2D eigenvalue weighted by molar-refractivity contribution is 6.35. The molecule has 10 heteroatoms. The van der Waals surface area contributed by atoms with Gasteiger partial charge in [0.2, 0.25) is 5.91 Å². The van der Waals surface area contributed by atoms with Crippen molar-refractivity contribution in [3.8, 4) is 0 Å². The lowest BCUT2D eigenvalue weighted by Crippen LogP contribution is -2.57. The van der Waals surface area contributed by atoms with Crippen LogP contribution in [0.15, 0.2) is 30.5 Å². The number of aromatic nitrogens is 1. The molecule has 34 heavy (non-hydrogen) atoms. The van der Waals surface area contributed by atoms with E-state index in [-0.39, 0.29) is 18.4 Å². The first-order chi connectivity index (χ1) is 16.1. The molecule has 4 N–H and O–H groups in total. The molecule has 1 aliphatic carbocycles. The van der Waals surface area contributed by atoms with Gasteiger partial charge in [0.05, 0.1) is 16.2 Å². The van der Waals surface area contributed by atoms with Crippen LogP contribution in [0.2, 0.25) is 5.02 Å². The Morgan fingerprint density at radius 1 is 1.21 bits per heavy atom. The maximum Gasteiger partial charge on any atom is 0.319 e. The Morgan fingerprint density at radius 2 is 1.91 bits per heavy atom. The van der Waals surface area contributed by atoms with E-state index in [1.54, 1.807) is 29.9 Å². The molecule has 3 rings (SSSR count). The van der Waals surface area contributed by atoms with Crippen LogP contribution in [0, 0.1) is 11.3 Å².